The van der Waals surface area contributed by atoms with Gasteiger partial charge in [0, 0.05) is 13.5 Å². The number of carboxylic acids is 1. The summed E-state index contributed by atoms with van der Waals surface area (Å²) in [5.41, 5.74) is 0.429. The molecule has 0 radical (unpaired) electrons. The van der Waals surface area contributed by atoms with Crippen LogP contribution in [0.3, 0.4) is 0 Å². The molecule has 5 nitrogen and oxygen atoms in total. The lowest BCUT2D eigenvalue weighted by atomic mass is 9.56. The number of carbonyl (C=O) groups is 2. The largest absolute Gasteiger partial charge is 0.481 e. The van der Waals surface area contributed by atoms with Crippen LogP contribution in [0, 0.1) is 0 Å². The van der Waals surface area contributed by atoms with Gasteiger partial charge in [0.25, 0.3) is 0 Å². The first-order valence-corrected chi connectivity index (χ1v) is 7.30. The van der Waals surface area contributed by atoms with Crippen LogP contribution in [0.15, 0.2) is 24.3 Å². The Balaban J connectivity index is 2.20. The molecule has 1 aromatic rings. The molecule has 0 atom stereocenters. The molecular formula is C17H22O5. The number of benzene rings is 1. The Morgan fingerprint density at radius 2 is 1.95 bits per heavy atom. The Hall–Kier alpha value is -1.88. The van der Waals surface area contributed by atoms with Crippen molar-refractivity contribution in [2.24, 2.45) is 0 Å². The number of hydrogen-bond acceptors (Lipinski definition) is 4. The fourth-order valence-electron chi connectivity index (χ4n) is 3.22. The molecule has 0 spiro atoms. The van der Waals surface area contributed by atoms with E-state index in [1.54, 1.807) is 7.11 Å². The van der Waals surface area contributed by atoms with Crippen molar-refractivity contribution >= 4 is 11.9 Å². The highest BCUT2D eigenvalue weighted by Gasteiger charge is 2.58. The summed E-state index contributed by atoms with van der Waals surface area (Å²) in [6.45, 7) is 1.93. The van der Waals surface area contributed by atoms with Gasteiger partial charge in [0.1, 0.15) is 0 Å². The van der Waals surface area contributed by atoms with E-state index in [2.05, 4.69) is 4.74 Å². The minimum atomic E-state index is -0.897. The van der Waals surface area contributed by atoms with Gasteiger partial charge in [-0.15, -0.1) is 0 Å². The van der Waals surface area contributed by atoms with E-state index in [1.807, 2.05) is 31.2 Å². The molecule has 1 fully saturated rings. The average molecular weight is 306 g/mol. The van der Waals surface area contributed by atoms with E-state index >= 15 is 0 Å². The summed E-state index contributed by atoms with van der Waals surface area (Å²) in [5.74, 6) is -1.10. The molecule has 0 aromatic heterocycles. The number of carboxylic acid groups (broad SMARTS) is 1. The quantitative estimate of drug-likeness (QED) is 0.817. The van der Waals surface area contributed by atoms with Crippen molar-refractivity contribution in [3.05, 3.63) is 35.4 Å². The first-order chi connectivity index (χ1) is 10.3. The number of esters is 1. The normalized spacial score (nSPS) is 27.0. The minimum absolute atomic E-state index is 0.269. The predicted octanol–water partition coefficient (Wildman–Crippen LogP) is 2.31. The molecule has 5 heteroatoms. The fraction of sp³-hybridized carbons (Fsp3) is 0.529. The molecule has 1 N–H and O–H groups in total. The number of aryl methyl sites for hydroxylation is 1. The number of carbonyl (C=O) groups excluding carboxylic acids is 1. The van der Waals surface area contributed by atoms with Crippen LogP contribution in [0.25, 0.3) is 0 Å². The molecule has 0 heterocycles. The topological polar surface area (TPSA) is 72.8 Å². The molecule has 120 valence electrons. The van der Waals surface area contributed by atoms with E-state index in [0.717, 1.165) is 11.1 Å². The summed E-state index contributed by atoms with van der Waals surface area (Å²) in [6, 6.07) is 7.46. The minimum Gasteiger partial charge on any atom is -0.481 e. The second-order valence-corrected chi connectivity index (χ2v) is 6.17. The van der Waals surface area contributed by atoms with E-state index in [1.165, 1.54) is 7.11 Å². The van der Waals surface area contributed by atoms with E-state index in [0.29, 0.717) is 19.3 Å². The van der Waals surface area contributed by atoms with E-state index in [4.69, 9.17) is 4.74 Å². The van der Waals surface area contributed by atoms with Gasteiger partial charge in [-0.25, -0.2) is 0 Å². The highest BCUT2D eigenvalue weighted by molar-refractivity contribution is 5.83. The monoisotopic (exact) mass is 306 g/mol. The Bertz CT molecular complexity index is 572. The zero-order chi connectivity index (χ0) is 16.4. The summed E-state index contributed by atoms with van der Waals surface area (Å²) < 4.78 is 10.0. The highest BCUT2D eigenvalue weighted by atomic mass is 16.5. The van der Waals surface area contributed by atoms with Crippen LogP contribution >= 0.6 is 0 Å². The van der Waals surface area contributed by atoms with Crippen molar-refractivity contribution in [3.63, 3.8) is 0 Å². The van der Waals surface area contributed by atoms with Crippen molar-refractivity contribution in [1.82, 2.24) is 0 Å². The van der Waals surface area contributed by atoms with Crippen LogP contribution in [0.5, 0.6) is 0 Å². The van der Waals surface area contributed by atoms with Gasteiger partial charge < -0.3 is 14.6 Å². The van der Waals surface area contributed by atoms with Crippen LogP contribution < -0.4 is 0 Å². The van der Waals surface area contributed by atoms with Gasteiger partial charge >= 0.3 is 11.9 Å². The summed E-state index contributed by atoms with van der Waals surface area (Å²) in [6.07, 6.45) is 1.73. The lowest BCUT2D eigenvalue weighted by Crippen LogP contribution is -2.58. The third-order valence-corrected chi connectivity index (χ3v) is 4.58. The first-order valence-electron chi connectivity index (χ1n) is 7.30. The maximum atomic E-state index is 11.8. The average Bonchev–Trinajstić information content (AvgIpc) is 2.49. The van der Waals surface area contributed by atoms with Crippen LogP contribution in [-0.4, -0.2) is 36.9 Å². The first kappa shape index (κ1) is 16.5. The van der Waals surface area contributed by atoms with Crippen molar-refractivity contribution < 1.29 is 24.2 Å². The molecule has 1 aliphatic carbocycles. The molecule has 2 rings (SSSR count). The van der Waals surface area contributed by atoms with Crippen molar-refractivity contribution in [2.45, 2.75) is 43.6 Å². The van der Waals surface area contributed by atoms with Gasteiger partial charge in [0.2, 0.25) is 0 Å². The Kier molecular flexibility index (Phi) is 4.56. The molecule has 0 unspecified atom stereocenters. The maximum absolute atomic E-state index is 11.8. The molecule has 0 saturated heterocycles. The third-order valence-electron chi connectivity index (χ3n) is 4.58. The lowest BCUT2D eigenvalue weighted by molar-refractivity contribution is -0.166. The lowest BCUT2D eigenvalue weighted by Gasteiger charge is -2.51. The highest BCUT2D eigenvalue weighted by Crippen LogP contribution is 2.52. The van der Waals surface area contributed by atoms with Gasteiger partial charge in [-0.1, -0.05) is 24.3 Å². The van der Waals surface area contributed by atoms with E-state index in [9.17, 15) is 14.7 Å². The second-order valence-electron chi connectivity index (χ2n) is 6.17. The van der Waals surface area contributed by atoms with E-state index < -0.39 is 11.4 Å². The smallest absolute Gasteiger partial charge is 0.314 e. The molecule has 1 saturated carbocycles. The van der Waals surface area contributed by atoms with Crippen LogP contribution in [0.2, 0.25) is 0 Å². The van der Waals surface area contributed by atoms with Crippen molar-refractivity contribution in [1.29, 1.82) is 0 Å². The van der Waals surface area contributed by atoms with Gasteiger partial charge in [-0.3, -0.25) is 9.59 Å². The SMILES string of the molecule is COC(=O)CCc1cccc(C2(C(=O)O)CC(C)(OC)C2)c1. The zero-order valence-electron chi connectivity index (χ0n) is 13.2. The molecule has 22 heavy (non-hydrogen) atoms. The van der Waals surface area contributed by atoms with Crippen LogP contribution in [-0.2, 0) is 30.9 Å². The third kappa shape index (κ3) is 2.99. The second kappa shape index (κ2) is 6.08. The van der Waals surface area contributed by atoms with E-state index in [-0.39, 0.29) is 18.0 Å². The Morgan fingerprint density at radius 3 is 2.50 bits per heavy atom. The Labute approximate surface area is 130 Å². The molecular weight excluding hydrogens is 284 g/mol. The number of aliphatic carboxylic acids is 1. The van der Waals surface area contributed by atoms with Crippen molar-refractivity contribution in [2.75, 3.05) is 14.2 Å². The molecule has 1 aliphatic rings. The number of hydrogen-bond donors (Lipinski definition) is 1. The molecule has 0 bridgehead atoms. The molecule has 0 amide bonds. The van der Waals surface area contributed by atoms with Gasteiger partial charge in [0.05, 0.1) is 18.1 Å². The van der Waals surface area contributed by atoms with Crippen LogP contribution in [0.4, 0.5) is 0 Å². The van der Waals surface area contributed by atoms with Gasteiger partial charge in [-0.05, 0) is 37.3 Å². The number of methoxy groups -OCH3 is 2. The van der Waals surface area contributed by atoms with Gasteiger partial charge in [-0.2, -0.15) is 0 Å². The Morgan fingerprint density at radius 1 is 1.27 bits per heavy atom. The summed E-state index contributed by atoms with van der Waals surface area (Å²) in [4.78, 5) is 23.0. The van der Waals surface area contributed by atoms with Gasteiger partial charge in [0.15, 0.2) is 0 Å². The summed E-state index contributed by atoms with van der Waals surface area (Å²) >= 11 is 0. The van der Waals surface area contributed by atoms with Crippen molar-refractivity contribution in [3.8, 4) is 0 Å². The summed E-state index contributed by atoms with van der Waals surface area (Å²) in [5, 5.41) is 9.68. The fourth-order valence-corrected chi connectivity index (χ4v) is 3.22. The molecule has 1 aromatic carbocycles. The number of ether oxygens (including phenoxy) is 2. The predicted molar refractivity (Wildman–Crippen MR) is 80.7 cm³/mol. The molecule has 0 aliphatic heterocycles. The maximum Gasteiger partial charge on any atom is 0.314 e. The van der Waals surface area contributed by atoms with Crippen LogP contribution in [0.1, 0.15) is 37.3 Å². The standard InChI is InChI=1S/C17H22O5/c1-16(22-3)10-17(11-16,15(19)20)13-6-4-5-12(9-13)7-8-14(18)21-2/h4-6,9H,7-8,10-11H2,1-3H3,(H,19,20). The summed E-state index contributed by atoms with van der Waals surface area (Å²) in [7, 11) is 2.97. The zero-order valence-corrected chi connectivity index (χ0v) is 13.2. The number of rotatable bonds is 6.